The molecular formula is C22H42O9S. The van der Waals surface area contributed by atoms with Crippen LogP contribution in [0, 0.1) is 0 Å². The van der Waals surface area contributed by atoms with Crippen LogP contribution in [0.25, 0.3) is 0 Å². The summed E-state index contributed by atoms with van der Waals surface area (Å²) in [6.45, 7) is 8.93. The molecule has 0 saturated carbocycles. The maximum atomic E-state index is 12.0. The molecule has 190 valence electrons. The number of hydrogen-bond donors (Lipinski definition) is 0. The minimum Gasteiger partial charge on any atom is -0.457 e. The zero-order valence-corrected chi connectivity index (χ0v) is 21.1. The molecule has 10 heteroatoms. The second kappa shape index (κ2) is 16.0. The van der Waals surface area contributed by atoms with Crippen LogP contribution in [0.2, 0.25) is 0 Å². The third-order valence-electron chi connectivity index (χ3n) is 5.02. The van der Waals surface area contributed by atoms with E-state index in [1.54, 1.807) is 0 Å². The largest absolute Gasteiger partial charge is 0.457 e. The summed E-state index contributed by atoms with van der Waals surface area (Å²) in [6, 6.07) is 0. The van der Waals surface area contributed by atoms with Gasteiger partial charge in [-0.15, -0.1) is 0 Å². The highest BCUT2D eigenvalue weighted by atomic mass is 32.2. The maximum Gasteiger partial charge on any atom is 0.303 e. The summed E-state index contributed by atoms with van der Waals surface area (Å²) < 4.78 is 58.1. The van der Waals surface area contributed by atoms with Crippen molar-refractivity contribution in [2.45, 2.75) is 96.7 Å². The molecule has 0 aromatic rings. The Kier molecular flexibility index (Phi) is 14.6. The lowest BCUT2D eigenvalue weighted by atomic mass is 9.94. The number of carbonyl (C=O) groups is 1. The molecule has 0 spiro atoms. The second-order valence-electron chi connectivity index (χ2n) is 8.08. The molecule has 0 aromatic carbocycles. The topological polar surface area (TPSA) is 107 Å². The van der Waals surface area contributed by atoms with E-state index in [1.807, 2.05) is 6.92 Å². The molecule has 0 radical (unpaired) electrons. The first-order valence-corrected chi connectivity index (χ1v) is 13.5. The van der Waals surface area contributed by atoms with Gasteiger partial charge in [0.05, 0.1) is 19.5 Å². The van der Waals surface area contributed by atoms with E-state index in [4.69, 9.17) is 27.9 Å². The van der Waals surface area contributed by atoms with Crippen molar-refractivity contribution in [3.8, 4) is 0 Å². The van der Waals surface area contributed by atoms with Gasteiger partial charge in [0.15, 0.2) is 6.10 Å². The van der Waals surface area contributed by atoms with Crippen LogP contribution >= 0.6 is 0 Å². The first-order chi connectivity index (χ1) is 15.2. The van der Waals surface area contributed by atoms with Crippen LogP contribution in [0.3, 0.4) is 0 Å². The highest BCUT2D eigenvalue weighted by Gasteiger charge is 2.49. The molecule has 1 rings (SSSR count). The standard InChI is InChI=1S/C22H42O9S/c1-6-9-12-26-15-18-20(27-13-10-7-2)22(30-17(4)23)21(28-14-11-8-3)19(31-18)16-29-32(5,24)25/h18-22H,6-16H2,1-5H3/t18?,19-,20-,21+,22?/m1/s1. The van der Waals surface area contributed by atoms with Crippen molar-refractivity contribution < 1.29 is 41.1 Å². The van der Waals surface area contributed by atoms with Gasteiger partial charge in [-0.3, -0.25) is 8.98 Å². The summed E-state index contributed by atoms with van der Waals surface area (Å²) >= 11 is 0. The fourth-order valence-corrected chi connectivity index (χ4v) is 3.73. The highest BCUT2D eigenvalue weighted by Crippen LogP contribution is 2.30. The normalized spacial score (nSPS) is 26.2. The number of rotatable bonds is 17. The Morgan fingerprint density at radius 2 is 1.31 bits per heavy atom. The Morgan fingerprint density at radius 3 is 1.78 bits per heavy atom. The van der Waals surface area contributed by atoms with Crippen molar-refractivity contribution in [1.29, 1.82) is 0 Å². The van der Waals surface area contributed by atoms with Gasteiger partial charge in [0.1, 0.15) is 24.4 Å². The summed E-state index contributed by atoms with van der Waals surface area (Å²) in [4.78, 5) is 12.0. The molecule has 0 bridgehead atoms. The molecular weight excluding hydrogens is 440 g/mol. The average molecular weight is 483 g/mol. The zero-order chi connectivity index (χ0) is 24.0. The molecule has 9 nitrogen and oxygen atoms in total. The Balaban J connectivity index is 3.15. The minimum absolute atomic E-state index is 0.228. The van der Waals surface area contributed by atoms with E-state index >= 15 is 0 Å². The van der Waals surface area contributed by atoms with Crippen LogP contribution in [0.1, 0.15) is 66.2 Å². The monoisotopic (exact) mass is 482 g/mol. The van der Waals surface area contributed by atoms with Gasteiger partial charge in [-0.25, -0.2) is 0 Å². The smallest absolute Gasteiger partial charge is 0.303 e. The first-order valence-electron chi connectivity index (χ1n) is 11.7. The summed E-state index contributed by atoms with van der Waals surface area (Å²) in [5.41, 5.74) is 0. The summed E-state index contributed by atoms with van der Waals surface area (Å²) in [6.07, 6.45) is 2.95. The molecule has 0 aliphatic carbocycles. The van der Waals surface area contributed by atoms with Crippen molar-refractivity contribution in [3.63, 3.8) is 0 Å². The minimum atomic E-state index is -3.69. The summed E-state index contributed by atoms with van der Waals surface area (Å²) in [5.74, 6) is -0.474. The van der Waals surface area contributed by atoms with Crippen molar-refractivity contribution in [3.05, 3.63) is 0 Å². The number of carbonyl (C=O) groups excluding carboxylic acids is 1. The number of esters is 1. The van der Waals surface area contributed by atoms with E-state index in [-0.39, 0.29) is 13.2 Å². The quantitative estimate of drug-likeness (QED) is 0.176. The Hall–Kier alpha value is -0.780. The van der Waals surface area contributed by atoms with Crippen LogP contribution in [0.15, 0.2) is 0 Å². The van der Waals surface area contributed by atoms with E-state index in [9.17, 15) is 13.2 Å². The molecule has 5 atom stereocenters. The highest BCUT2D eigenvalue weighted by molar-refractivity contribution is 7.85. The lowest BCUT2D eigenvalue weighted by Crippen LogP contribution is -2.62. The molecule has 1 aliphatic rings. The molecule has 0 amide bonds. The van der Waals surface area contributed by atoms with Gasteiger partial charge >= 0.3 is 5.97 Å². The predicted octanol–water partition coefficient (Wildman–Crippen LogP) is 2.85. The van der Waals surface area contributed by atoms with Crippen molar-refractivity contribution in [2.24, 2.45) is 0 Å². The van der Waals surface area contributed by atoms with Crippen LogP contribution in [-0.4, -0.2) is 84.2 Å². The van der Waals surface area contributed by atoms with E-state index in [2.05, 4.69) is 13.8 Å². The van der Waals surface area contributed by atoms with Gasteiger partial charge in [0.25, 0.3) is 10.1 Å². The molecule has 2 unspecified atom stereocenters. The molecule has 32 heavy (non-hydrogen) atoms. The van der Waals surface area contributed by atoms with Crippen LogP contribution in [0.5, 0.6) is 0 Å². The Morgan fingerprint density at radius 1 is 0.812 bits per heavy atom. The molecule has 1 heterocycles. The fourth-order valence-electron chi connectivity index (χ4n) is 3.35. The maximum absolute atomic E-state index is 12.0. The number of ether oxygens (including phenoxy) is 5. The molecule has 0 aromatic heterocycles. The van der Waals surface area contributed by atoms with Crippen LogP contribution in [0.4, 0.5) is 0 Å². The first kappa shape index (κ1) is 29.3. The van der Waals surface area contributed by atoms with E-state index < -0.39 is 46.6 Å². The average Bonchev–Trinajstić information content (AvgIpc) is 2.72. The fraction of sp³-hybridized carbons (Fsp3) is 0.955. The predicted molar refractivity (Wildman–Crippen MR) is 120 cm³/mol. The number of unbranched alkanes of at least 4 members (excludes halogenated alkanes) is 3. The third kappa shape index (κ3) is 11.4. The van der Waals surface area contributed by atoms with Gasteiger partial charge in [-0.05, 0) is 19.3 Å². The Labute approximate surface area is 193 Å². The van der Waals surface area contributed by atoms with Gasteiger partial charge in [0, 0.05) is 26.7 Å². The lowest BCUT2D eigenvalue weighted by Gasteiger charge is -2.45. The van der Waals surface area contributed by atoms with E-state index in [1.165, 1.54) is 6.92 Å². The molecule has 1 saturated heterocycles. The summed E-state index contributed by atoms with van der Waals surface area (Å²) in [5, 5.41) is 0. The van der Waals surface area contributed by atoms with Crippen molar-refractivity contribution >= 4 is 16.1 Å². The van der Waals surface area contributed by atoms with Crippen LogP contribution in [-0.2, 0) is 42.8 Å². The SMILES string of the molecule is CCCCOCC1O[C@H](COS(C)(=O)=O)[C@H](OCCCC)C(OC(C)=O)[C@@H]1OCCCC. The summed E-state index contributed by atoms with van der Waals surface area (Å²) in [7, 11) is -3.69. The zero-order valence-electron chi connectivity index (χ0n) is 20.2. The van der Waals surface area contributed by atoms with E-state index in [0.717, 1.165) is 44.8 Å². The second-order valence-corrected chi connectivity index (χ2v) is 9.73. The molecule has 0 N–H and O–H groups in total. The van der Waals surface area contributed by atoms with Gasteiger partial charge < -0.3 is 23.7 Å². The van der Waals surface area contributed by atoms with Crippen molar-refractivity contribution in [2.75, 3.05) is 39.3 Å². The lowest BCUT2D eigenvalue weighted by molar-refractivity contribution is -0.264. The van der Waals surface area contributed by atoms with Crippen molar-refractivity contribution in [1.82, 2.24) is 0 Å². The van der Waals surface area contributed by atoms with E-state index in [0.29, 0.717) is 19.8 Å². The van der Waals surface area contributed by atoms with Gasteiger partial charge in [0.2, 0.25) is 0 Å². The third-order valence-corrected chi connectivity index (χ3v) is 5.58. The van der Waals surface area contributed by atoms with Crippen LogP contribution < -0.4 is 0 Å². The molecule has 1 fully saturated rings. The molecule has 1 aliphatic heterocycles. The van der Waals surface area contributed by atoms with Gasteiger partial charge in [-0.1, -0.05) is 40.0 Å². The van der Waals surface area contributed by atoms with Gasteiger partial charge in [-0.2, -0.15) is 8.42 Å². The number of hydrogen-bond acceptors (Lipinski definition) is 9. The Bertz CT molecular complexity index is 611.